The molecule has 1 aromatic heterocycles. The van der Waals surface area contributed by atoms with Crippen LogP contribution in [-0.4, -0.2) is 43.2 Å². The summed E-state index contributed by atoms with van der Waals surface area (Å²) in [6.45, 7) is 4.67. The van der Waals surface area contributed by atoms with Crippen LogP contribution >= 0.6 is 0 Å². The molecule has 0 unspecified atom stereocenters. The zero-order chi connectivity index (χ0) is 14.5. The van der Waals surface area contributed by atoms with Crippen molar-refractivity contribution in [1.29, 1.82) is 0 Å². The first-order valence-corrected chi connectivity index (χ1v) is 6.39. The summed E-state index contributed by atoms with van der Waals surface area (Å²) in [5.41, 5.74) is 0.442. The molecular weight excluding hydrogens is 242 g/mol. The lowest BCUT2D eigenvalue weighted by Crippen LogP contribution is -2.35. The average molecular weight is 265 g/mol. The van der Waals surface area contributed by atoms with Gasteiger partial charge < -0.3 is 15.3 Å². The summed E-state index contributed by atoms with van der Waals surface area (Å²) >= 11 is 0. The molecule has 0 aliphatic rings. The van der Waals surface area contributed by atoms with E-state index in [1.54, 1.807) is 18.3 Å². The van der Waals surface area contributed by atoms with Crippen molar-refractivity contribution in [2.75, 3.05) is 32.1 Å². The van der Waals surface area contributed by atoms with E-state index in [1.807, 2.05) is 32.8 Å². The molecule has 1 amide bonds. The van der Waals surface area contributed by atoms with Crippen LogP contribution in [0.2, 0.25) is 0 Å². The maximum atomic E-state index is 12.2. The van der Waals surface area contributed by atoms with Crippen molar-refractivity contribution in [3.05, 3.63) is 23.9 Å². The number of nitrogens with one attached hydrogen (secondary N) is 1. The largest absolute Gasteiger partial charge is 0.396 e. The van der Waals surface area contributed by atoms with Crippen LogP contribution in [0.4, 0.5) is 5.82 Å². The van der Waals surface area contributed by atoms with E-state index in [0.717, 1.165) is 0 Å². The van der Waals surface area contributed by atoms with Crippen LogP contribution in [0, 0.1) is 5.41 Å². The molecule has 0 spiro atoms. The fraction of sp³-hybridized carbons (Fsp3) is 0.571. The number of anilines is 1. The maximum Gasteiger partial charge on any atom is 0.255 e. The third kappa shape index (κ3) is 4.52. The highest BCUT2D eigenvalue weighted by molar-refractivity contribution is 5.98. The Hall–Kier alpha value is -1.62. The summed E-state index contributed by atoms with van der Waals surface area (Å²) in [4.78, 5) is 18.2. The fourth-order valence-corrected chi connectivity index (χ4v) is 1.74. The molecule has 0 aliphatic carbocycles. The van der Waals surface area contributed by atoms with E-state index in [2.05, 4.69) is 10.3 Å². The average Bonchev–Trinajstić information content (AvgIpc) is 2.36. The van der Waals surface area contributed by atoms with Gasteiger partial charge in [0.25, 0.3) is 5.91 Å². The number of nitrogens with zero attached hydrogens (tertiary/aromatic N) is 2. The minimum Gasteiger partial charge on any atom is -0.396 e. The lowest BCUT2D eigenvalue weighted by Gasteiger charge is -2.24. The predicted molar refractivity (Wildman–Crippen MR) is 76.4 cm³/mol. The number of hydrogen-bond donors (Lipinski definition) is 2. The van der Waals surface area contributed by atoms with Gasteiger partial charge in [0.2, 0.25) is 0 Å². The Kier molecular flexibility index (Phi) is 5.30. The van der Waals surface area contributed by atoms with Crippen molar-refractivity contribution in [3.63, 3.8) is 0 Å². The van der Waals surface area contributed by atoms with E-state index in [4.69, 9.17) is 5.11 Å². The van der Waals surface area contributed by atoms with Crippen LogP contribution in [0.1, 0.15) is 30.6 Å². The Bertz CT molecular complexity index is 430. The lowest BCUT2D eigenvalue weighted by atomic mass is 9.89. The van der Waals surface area contributed by atoms with Crippen molar-refractivity contribution < 1.29 is 9.90 Å². The second kappa shape index (κ2) is 6.52. The number of aliphatic hydroxyl groups is 1. The number of pyridine rings is 1. The monoisotopic (exact) mass is 265 g/mol. The highest BCUT2D eigenvalue weighted by Gasteiger charge is 2.20. The SMILES string of the molecule is CN(C)c1ncccc1C(=O)NCC(C)(C)CCO. The molecule has 0 saturated heterocycles. The maximum absolute atomic E-state index is 12.2. The standard InChI is InChI=1S/C14H23N3O2/c1-14(2,7-9-18)10-16-13(19)11-6-5-8-15-12(11)17(3)4/h5-6,8,18H,7,9-10H2,1-4H3,(H,16,19). The van der Waals surface area contributed by atoms with Crippen LogP contribution in [-0.2, 0) is 0 Å². The molecule has 5 heteroatoms. The van der Waals surface area contributed by atoms with Gasteiger partial charge in [-0.05, 0) is 24.0 Å². The Morgan fingerprint density at radius 3 is 2.74 bits per heavy atom. The van der Waals surface area contributed by atoms with Gasteiger partial charge >= 0.3 is 0 Å². The third-order valence-electron chi connectivity index (χ3n) is 2.97. The zero-order valence-electron chi connectivity index (χ0n) is 12.1. The second-order valence-electron chi connectivity index (χ2n) is 5.59. The number of aromatic nitrogens is 1. The molecule has 0 fully saturated rings. The van der Waals surface area contributed by atoms with Gasteiger partial charge in [-0.25, -0.2) is 4.98 Å². The topological polar surface area (TPSA) is 65.5 Å². The minimum absolute atomic E-state index is 0.120. The van der Waals surface area contributed by atoms with Gasteiger partial charge in [-0.3, -0.25) is 4.79 Å². The normalized spacial score (nSPS) is 11.2. The molecule has 0 aliphatic heterocycles. The number of aliphatic hydroxyl groups excluding tert-OH is 1. The zero-order valence-corrected chi connectivity index (χ0v) is 12.1. The van der Waals surface area contributed by atoms with Gasteiger partial charge in [-0.15, -0.1) is 0 Å². The summed E-state index contributed by atoms with van der Waals surface area (Å²) in [7, 11) is 3.71. The van der Waals surface area contributed by atoms with Crippen molar-refractivity contribution in [2.45, 2.75) is 20.3 Å². The number of carbonyl (C=O) groups excluding carboxylic acids is 1. The second-order valence-corrected chi connectivity index (χ2v) is 5.59. The molecular formula is C14H23N3O2. The molecule has 1 rings (SSSR count). The first kappa shape index (κ1) is 15.4. The van der Waals surface area contributed by atoms with Crippen molar-refractivity contribution >= 4 is 11.7 Å². The van der Waals surface area contributed by atoms with Gasteiger partial charge in [0.15, 0.2) is 0 Å². The molecule has 19 heavy (non-hydrogen) atoms. The summed E-state index contributed by atoms with van der Waals surface area (Å²) in [5, 5.41) is 11.9. The fourth-order valence-electron chi connectivity index (χ4n) is 1.74. The van der Waals surface area contributed by atoms with Gasteiger partial charge in [-0.2, -0.15) is 0 Å². The summed E-state index contributed by atoms with van der Waals surface area (Å²) < 4.78 is 0. The van der Waals surface area contributed by atoms with Crippen molar-refractivity contribution in [3.8, 4) is 0 Å². The van der Waals surface area contributed by atoms with Crippen molar-refractivity contribution in [2.24, 2.45) is 5.41 Å². The summed E-state index contributed by atoms with van der Waals surface area (Å²) in [6.07, 6.45) is 2.32. The molecule has 0 saturated carbocycles. The van der Waals surface area contributed by atoms with E-state index in [9.17, 15) is 4.79 Å². The molecule has 1 heterocycles. The Balaban J connectivity index is 2.74. The minimum atomic E-state index is -0.136. The first-order chi connectivity index (χ1) is 8.87. The van der Waals surface area contributed by atoms with Crippen LogP contribution in [0.15, 0.2) is 18.3 Å². The highest BCUT2D eigenvalue weighted by Crippen LogP contribution is 2.19. The van der Waals surface area contributed by atoms with Crippen LogP contribution < -0.4 is 10.2 Å². The highest BCUT2D eigenvalue weighted by atomic mass is 16.3. The number of carbonyl (C=O) groups is 1. The van der Waals surface area contributed by atoms with Gasteiger partial charge in [0, 0.05) is 33.4 Å². The Morgan fingerprint density at radius 2 is 2.16 bits per heavy atom. The molecule has 2 N–H and O–H groups in total. The molecule has 5 nitrogen and oxygen atoms in total. The third-order valence-corrected chi connectivity index (χ3v) is 2.97. The van der Waals surface area contributed by atoms with E-state index in [-0.39, 0.29) is 17.9 Å². The van der Waals surface area contributed by atoms with E-state index in [0.29, 0.717) is 24.3 Å². The lowest BCUT2D eigenvalue weighted by molar-refractivity contribution is 0.0928. The quantitative estimate of drug-likeness (QED) is 0.813. The predicted octanol–water partition coefficient (Wildman–Crippen LogP) is 1.29. The Morgan fingerprint density at radius 1 is 1.47 bits per heavy atom. The van der Waals surface area contributed by atoms with Crippen LogP contribution in [0.25, 0.3) is 0 Å². The number of rotatable bonds is 6. The van der Waals surface area contributed by atoms with E-state index in [1.165, 1.54) is 0 Å². The summed E-state index contributed by atoms with van der Waals surface area (Å²) in [5.74, 6) is 0.516. The number of amides is 1. The van der Waals surface area contributed by atoms with Gasteiger partial charge in [0.1, 0.15) is 5.82 Å². The molecule has 0 bridgehead atoms. The molecule has 0 aromatic carbocycles. The molecule has 1 aromatic rings. The first-order valence-electron chi connectivity index (χ1n) is 6.39. The van der Waals surface area contributed by atoms with E-state index < -0.39 is 0 Å². The van der Waals surface area contributed by atoms with Crippen molar-refractivity contribution in [1.82, 2.24) is 10.3 Å². The summed E-state index contributed by atoms with van der Waals surface area (Å²) in [6, 6.07) is 3.51. The van der Waals surface area contributed by atoms with Crippen LogP contribution in [0.5, 0.6) is 0 Å². The molecule has 0 atom stereocenters. The Labute approximate surface area is 114 Å². The molecule has 0 radical (unpaired) electrons. The smallest absolute Gasteiger partial charge is 0.255 e. The van der Waals surface area contributed by atoms with Crippen LogP contribution in [0.3, 0.4) is 0 Å². The molecule has 106 valence electrons. The number of hydrogen-bond acceptors (Lipinski definition) is 4. The van der Waals surface area contributed by atoms with E-state index >= 15 is 0 Å². The van der Waals surface area contributed by atoms with Gasteiger partial charge in [-0.1, -0.05) is 13.8 Å². The van der Waals surface area contributed by atoms with Gasteiger partial charge in [0.05, 0.1) is 5.56 Å².